The lowest BCUT2D eigenvalue weighted by atomic mass is 10.2. The molecule has 27 heavy (non-hydrogen) atoms. The fourth-order valence-corrected chi connectivity index (χ4v) is 4.68. The van der Waals surface area contributed by atoms with Gasteiger partial charge in [0, 0.05) is 28.6 Å². The molecule has 2 aliphatic rings. The number of hydrogen-bond acceptors (Lipinski definition) is 4. The van der Waals surface area contributed by atoms with Gasteiger partial charge in [-0.15, -0.1) is 11.3 Å². The van der Waals surface area contributed by atoms with E-state index in [4.69, 9.17) is 0 Å². The summed E-state index contributed by atoms with van der Waals surface area (Å²) >= 11 is 1.76. The lowest BCUT2D eigenvalue weighted by Gasteiger charge is -2.34. The molecule has 3 aromatic heterocycles. The van der Waals surface area contributed by atoms with Crippen LogP contribution in [0.25, 0.3) is 21.6 Å². The largest absolute Gasteiger partial charge is 0.335 e. The van der Waals surface area contributed by atoms with Crippen molar-refractivity contribution in [2.75, 3.05) is 13.1 Å². The second-order valence-corrected chi connectivity index (χ2v) is 8.48. The quantitative estimate of drug-likeness (QED) is 0.692. The second-order valence-electron chi connectivity index (χ2n) is 7.37. The highest BCUT2D eigenvalue weighted by atomic mass is 32.1. The van der Waals surface area contributed by atoms with Crippen molar-refractivity contribution >= 4 is 28.4 Å². The van der Waals surface area contributed by atoms with Gasteiger partial charge < -0.3 is 4.90 Å². The van der Waals surface area contributed by atoms with Gasteiger partial charge in [-0.1, -0.05) is 0 Å². The van der Waals surface area contributed by atoms with Crippen LogP contribution in [0.4, 0.5) is 4.39 Å². The summed E-state index contributed by atoms with van der Waals surface area (Å²) in [5.74, 6) is 0.458. The first-order valence-electron chi connectivity index (χ1n) is 9.08. The lowest BCUT2D eigenvalue weighted by Crippen LogP contribution is -2.52. The molecule has 1 aliphatic carbocycles. The molecule has 1 saturated carbocycles. The number of nitrogens with zero attached hydrogens (tertiary/aromatic N) is 4. The third-order valence-corrected chi connectivity index (χ3v) is 6.64. The zero-order chi connectivity index (χ0) is 18.7. The summed E-state index contributed by atoms with van der Waals surface area (Å²) in [4.78, 5) is 33.4. The zero-order valence-electron chi connectivity index (χ0n) is 14.9. The fraction of sp³-hybridized carbons (Fsp3) is 0.421. The monoisotopic (exact) mass is 386 g/mol. The zero-order valence-corrected chi connectivity index (χ0v) is 15.7. The Morgan fingerprint density at radius 3 is 2.81 bits per heavy atom. The second kappa shape index (κ2) is 6.02. The first kappa shape index (κ1) is 16.7. The van der Waals surface area contributed by atoms with Crippen LogP contribution in [-0.2, 0) is 18.4 Å². The maximum atomic E-state index is 13.0. The summed E-state index contributed by atoms with van der Waals surface area (Å²) in [5, 5.41) is 0. The third kappa shape index (κ3) is 2.79. The van der Waals surface area contributed by atoms with Crippen molar-refractivity contribution in [3.8, 4) is 10.4 Å². The molecule has 8 heteroatoms. The summed E-state index contributed by atoms with van der Waals surface area (Å²) in [6, 6.07) is 6.19. The molecule has 0 aromatic carbocycles. The number of rotatable bonds is 4. The van der Waals surface area contributed by atoms with E-state index in [2.05, 4.69) is 17.1 Å². The minimum atomic E-state index is -0.953. The van der Waals surface area contributed by atoms with Crippen molar-refractivity contribution < 1.29 is 9.18 Å². The molecule has 5 rings (SSSR count). The van der Waals surface area contributed by atoms with Crippen LogP contribution >= 0.6 is 11.3 Å². The minimum Gasteiger partial charge on any atom is -0.335 e. The highest BCUT2D eigenvalue weighted by Gasteiger charge is 2.31. The van der Waals surface area contributed by atoms with Crippen molar-refractivity contribution in [3.63, 3.8) is 0 Å². The van der Waals surface area contributed by atoms with E-state index in [1.165, 1.54) is 31.8 Å². The number of carbonyl (C=O) groups is 1. The molecule has 0 spiro atoms. The standard InChI is InChI=1S/C19H19FN4O2S/c1-22-18-14(24(19(22)26)10-17(25)23-8-13(20)9-23)6-12(7-21-18)16-5-4-15(27-16)11-2-3-11/h4-7,11,13H,2-3,8-10H2,1H3. The Bertz CT molecular complexity index is 1100. The minimum absolute atomic E-state index is 0.0915. The van der Waals surface area contributed by atoms with Crippen molar-refractivity contribution in [2.24, 2.45) is 7.05 Å². The van der Waals surface area contributed by atoms with Gasteiger partial charge in [-0.25, -0.2) is 14.2 Å². The normalized spacial score (nSPS) is 17.5. The van der Waals surface area contributed by atoms with Crippen LogP contribution in [0.1, 0.15) is 23.6 Å². The summed E-state index contributed by atoms with van der Waals surface area (Å²) in [6.07, 6.45) is 3.34. The first-order valence-corrected chi connectivity index (χ1v) is 9.90. The van der Waals surface area contributed by atoms with Gasteiger partial charge >= 0.3 is 5.69 Å². The average Bonchev–Trinajstić information content (AvgIpc) is 3.33. The maximum absolute atomic E-state index is 13.0. The molecule has 1 aliphatic heterocycles. The first-order chi connectivity index (χ1) is 13.0. The molecule has 6 nitrogen and oxygen atoms in total. The van der Waals surface area contributed by atoms with Gasteiger partial charge in [-0.05, 0) is 37.0 Å². The molecule has 140 valence electrons. The summed E-state index contributed by atoms with van der Waals surface area (Å²) < 4.78 is 15.9. The SMILES string of the molecule is Cn1c(=O)n(CC(=O)N2CC(F)C2)c2cc(-c3ccc(C4CC4)s3)cnc21. The van der Waals surface area contributed by atoms with Crippen molar-refractivity contribution in [1.82, 2.24) is 19.0 Å². The van der Waals surface area contributed by atoms with Crippen LogP contribution in [0.2, 0.25) is 0 Å². The summed E-state index contributed by atoms with van der Waals surface area (Å²) in [7, 11) is 1.65. The molecule has 1 saturated heterocycles. The number of halogens is 1. The molecule has 1 amide bonds. The highest BCUT2D eigenvalue weighted by Crippen LogP contribution is 2.45. The van der Waals surface area contributed by atoms with E-state index in [-0.39, 0.29) is 31.2 Å². The van der Waals surface area contributed by atoms with E-state index in [1.54, 1.807) is 24.6 Å². The van der Waals surface area contributed by atoms with Crippen LogP contribution in [0, 0.1) is 0 Å². The molecule has 4 heterocycles. The predicted octanol–water partition coefficient (Wildman–Crippen LogP) is 2.52. The van der Waals surface area contributed by atoms with Gasteiger partial charge in [0.2, 0.25) is 5.91 Å². The molecule has 0 radical (unpaired) electrons. The Morgan fingerprint density at radius 1 is 1.33 bits per heavy atom. The van der Waals surface area contributed by atoms with Gasteiger partial charge in [-0.2, -0.15) is 0 Å². The highest BCUT2D eigenvalue weighted by molar-refractivity contribution is 7.15. The smallest absolute Gasteiger partial charge is 0.330 e. The number of alkyl halides is 1. The molecule has 0 unspecified atom stereocenters. The fourth-order valence-electron chi connectivity index (χ4n) is 3.52. The number of aryl methyl sites for hydroxylation is 1. The van der Waals surface area contributed by atoms with E-state index in [1.807, 2.05) is 6.07 Å². The molecular formula is C19H19FN4O2S. The Balaban J connectivity index is 1.52. The molecular weight excluding hydrogens is 367 g/mol. The van der Waals surface area contributed by atoms with Crippen LogP contribution in [-0.4, -0.2) is 44.2 Å². The van der Waals surface area contributed by atoms with Crippen molar-refractivity contribution in [2.45, 2.75) is 31.5 Å². The Kier molecular flexibility index (Phi) is 3.72. The van der Waals surface area contributed by atoms with Crippen LogP contribution in [0.15, 0.2) is 29.2 Å². The number of pyridine rings is 1. The third-order valence-electron chi connectivity index (χ3n) is 5.35. The van der Waals surface area contributed by atoms with E-state index < -0.39 is 6.17 Å². The van der Waals surface area contributed by atoms with Crippen molar-refractivity contribution in [1.29, 1.82) is 0 Å². The number of thiophene rings is 1. The van der Waals surface area contributed by atoms with Crippen molar-refractivity contribution in [3.05, 3.63) is 39.8 Å². The number of carbonyl (C=O) groups excluding carboxylic acids is 1. The lowest BCUT2D eigenvalue weighted by molar-refractivity contribution is -0.138. The maximum Gasteiger partial charge on any atom is 0.330 e. The number of hydrogen-bond donors (Lipinski definition) is 0. The number of likely N-dealkylation sites (tertiary alicyclic amines) is 1. The number of amides is 1. The molecule has 0 N–H and O–H groups in total. The molecule has 0 bridgehead atoms. The van der Waals surface area contributed by atoms with Gasteiger partial charge in [0.05, 0.1) is 18.6 Å². The number of imidazole rings is 1. The summed E-state index contributed by atoms with van der Waals surface area (Å²) in [6.45, 7) is 0.133. The molecule has 2 fully saturated rings. The number of fused-ring (bicyclic) bond motifs is 1. The van der Waals surface area contributed by atoms with E-state index in [0.29, 0.717) is 17.1 Å². The summed E-state index contributed by atoms with van der Waals surface area (Å²) in [5.41, 5.74) is 1.83. The van der Waals surface area contributed by atoms with E-state index in [9.17, 15) is 14.0 Å². The molecule has 3 aromatic rings. The van der Waals surface area contributed by atoms with Gasteiger partial charge in [0.25, 0.3) is 0 Å². The van der Waals surface area contributed by atoms with E-state index in [0.717, 1.165) is 10.4 Å². The van der Waals surface area contributed by atoms with Crippen LogP contribution in [0.5, 0.6) is 0 Å². The van der Waals surface area contributed by atoms with Gasteiger partial charge in [0.1, 0.15) is 12.7 Å². The topological polar surface area (TPSA) is 60.1 Å². The van der Waals surface area contributed by atoms with Crippen LogP contribution in [0.3, 0.4) is 0 Å². The average molecular weight is 386 g/mol. The number of aromatic nitrogens is 3. The molecule has 0 atom stereocenters. The predicted molar refractivity (Wildman–Crippen MR) is 102 cm³/mol. The van der Waals surface area contributed by atoms with E-state index >= 15 is 0 Å². The Morgan fingerprint density at radius 2 is 2.11 bits per heavy atom. The van der Waals surface area contributed by atoms with Crippen LogP contribution < -0.4 is 5.69 Å². The van der Waals surface area contributed by atoms with Gasteiger partial charge in [-0.3, -0.25) is 13.9 Å². The van der Waals surface area contributed by atoms with Gasteiger partial charge in [0.15, 0.2) is 5.65 Å². The Labute approximate surface area is 158 Å². The Hall–Kier alpha value is -2.48.